The highest BCUT2D eigenvalue weighted by molar-refractivity contribution is 7.71. The molecule has 0 atom stereocenters. The Morgan fingerprint density at radius 3 is 2.40 bits per heavy atom. The lowest BCUT2D eigenvalue weighted by Crippen LogP contribution is -1.94. The van der Waals surface area contributed by atoms with Crippen molar-refractivity contribution in [1.82, 2.24) is 9.97 Å². The van der Waals surface area contributed by atoms with Crippen molar-refractivity contribution in [1.29, 1.82) is 0 Å². The number of carboxylic acid groups (broad SMARTS) is 1. The van der Waals surface area contributed by atoms with Crippen LogP contribution >= 0.6 is 12.2 Å². The molecule has 0 aliphatic carbocycles. The Labute approximate surface area is 90.6 Å². The van der Waals surface area contributed by atoms with Gasteiger partial charge in [-0.1, -0.05) is 12.1 Å². The molecule has 0 bridgehead atoms. The van der Waals surface area contributed by atoms with Gasteiger partial charge in [0.1, 0.15) is 0 Å². The van der Waals surface area contributed by atoms with Crippen LogP contribution in [0, 0.1) is 4.77 Å². The third-order valence-electron chi connectivity index (χ3n) is 2.04. The van der Waals surface area contributed by atoms with Crippen molar-refractivity contribution in [2.45, 2.75) is 0 Å². The van der Waals surface area contributed by atoms with Crippen LogP contribution in [0.5, 0.6) is 0 Å². The molecule has 0 radical (unpaired) electrons. The number of benzene rings is 1. The monoisotopic (exact) mass is 220 g/mol. The van der Waals surface area contributed by atoms with Crippen LogP contribution in [0.4, 0.5) is 0 Å². The fourth-order valence-corrected chi connectivity index (χ4v) is 1.45. The molecular weight excluding hydrogens is 212 g/mol. The second-order valence-corrected chi connectivity index (χ2v) is 3.45. The maximum atomic E-state index is 10.6. The van der Waals surface area contributed by atoms with Gasteiger partial charge in [0.05, 0.1) is 11.3 Å². The summed E-state index contributed by atoms with van der Waals surface area (Å²) in [6.45, 7) is 0. The van der Waals surface area contributed by atoms with Gasteiger partial charge in [0.2, 0.25) is 0 Å². The van der Waals surface area contributed by atoms with Crippen molar-refractivity contribution in [2.75, 3.05) is 0 Å². The molecule has 4 nitrogen and oxygen atoms in total. The van der Waals surface area contributed by atoms with E-state index in [0.29, 0.717) is 4.77 Å². The SMILES string of the molecule is O=C(O)c1ccc(-c2c[nH]c(=S)[nH]2)cc1. The van der Waals surface area contributed by atoms with E-state index in [-0.39, 0.29) is 5.56 Å². The van der Waals surface area contributed by atoms with Gasteiger partial charge in [-0.05, 0) is 29.9 Å². The Morgan fingerprint density at radius 2 is 1.93 bits per heavy atom. The number of carbonyl (C=O) groups is 1. The summed E-state index contributed by atoms with van der Waals surface area (Å²) >= 11 is 4.89. The summed E-state index contributed by atoms with van der Waals surface area (Å²) in [6, 6.07) is 6.58. The molecule has 0 saturated carbocycles. The molecule has 0 aliphatic heterocycles. The highest BCUT2D eigenvalue weighted by Crippen LogP contribution is 2.16. The van der Waals surface area contributed by atoms with Gasteiger partial charge in [-0.2, -0.15) is 0 Å². The molecule has 1 aromatic carbocycles. The smallest absolute Gasteiger partial charge is 0.335 e. The van der Waals surface area contributed by atoms with E-state index < -0.39 is 5.97 Å². The third-order valence-corrected chi connectivity index (χ3v) is 2.26. The van der Waals surface area contributed by atoms with Gasteiger partial charge in [0, 0.05) is 6.20 Å². The van der Waals surface area contributed by atoms with Crippen molar-refractivity contribution < 1.29 is 9.90 Å². The number of aromatic amines is 2. The fraction of sp³-hybridized carbons (Fsp3) is 0. The second-order valence-electron chi connectivity index (χ2n) is 3.04. The molecule has 5 heteroatoms. The first-order chi connectivity index (χ1) is 7.16. The third kappa shape index (κ3) is 1.97. The summed E-state index contributed by atoms with van der Waals surface area (Å²) in [7, 11) is 0. The van der Waals surface area contributed by atoms with Gasteiger partial charge in [-0.15, -0.1) is 0 Å². The van der Waals surface area contributed by atoms with Crippen LogP contribution < -0.4 is 0 Å². The predicted octanol–water partition coefficient (Wildman–Crippen LogP) is 2.44. The molecular formula is C10H8N2O2S. The average molecular weight is 220 g/mol. The first kappa shape index (κ1) is 9.67. The van der Waals surface area contributed by atoms with Crippen LogP contribution in [0.2, 0.25) is 0 Å². The van der Waals surface area contributed by atoms with Crippen molar-refractivity contribution in [3.05, 3.63) is 40.8 Å². The lowest BCUT2D eigenvalue weighted by Gasteiger charge is -1.97. The van der Waals surface area contributed by atoms with Gasteiger partial charge in [0.25, 0.3) is 0 Å². The van der Waals surface area contributed by atoms with Crippen molar-refractivity contribution in [3.63, 3.8) is 0 Å². The molecule has 2 rings (SSSR count). The number of aromatic nitrogens is 2. The van der Waals surface area contributed by atoms with Gasteiger partial charge in [-0.25, -0.2) is 4.79 Å². The van der Waals surface area contributed by atoms with Crippen LogP contribution in [-0.2, 0) is 0 Å². The van der Waals surface area contributed by atoms with Crippen molar-refractivity contribution in [2.24, 2.45) is 0 Å². The summed E-state index contributed by atoms with van der Waals surface area (Å²) in [5.41, 5.74) is 2.01. The quantitative estimate of drug-likeness (QED) is 0.681. The van der Waals surface area contributed by atoms with Crippen LogP contribution in [-0.4, -0.2) is 21.0 Å². The largest absolute Gasteiger partial charge is 0.478 e. The number of nitrogens with one attached hydrogen (secondary N) is 2. The molecule has 15 heavy (non-hydrogen) atoms. The van der Waals surface area contributed by atoms with E-state index in [0.717, 1.165) is 11.3 Å². The van der Waals surface area contributed by atoms with Gasteiger partial charge in [0.15, 0.2) is 4.77 Å². The fourth-order valence-electron chi connectivity index (χ4n) is 1.28. The Balaban J connectivity index is 2.39. The van der Waals surface area contributed by atoms with E-state index in [1.54, 1.807) is 30.5 Å². The molecule has 76 valence electrons. The number of hydrogen-bond acceptors (Lipinski definition) is 2. The van der Waals surface area contributed by atoms with Crippen molar-refractivity contribution >= 4 is 18.2 Å². The van der Waals surface area contributed by atoms with Crippen molar-refractivity contribution in [3.8, 4) is 11.3 Å². The molecule has 0 aliphatic rings. The number of carboxylic acids is 1. The minimum Gasteiger partial charge on any atom is -0.478 e. The zero-order chi connectivity index (χ0) is 10.8. The van der Waals surface area contributed by atoms with E-state index in [1.807, 2.05) is 0 Å². The molecule has 1 aromatic heterocycles. The number of rotatable bonds is 2. The molecule has 0 amide bonds. The Kier molecular flexibility index (Phi) is 2.39. The Morgan fingerprint density at radius 1 is 1.27 bits per heavy atom. The van der Waals surface area contributed by atoms with E-state index in [1.165, 1.54) is 0 Å². The Bertz CT molecular complexity index is 539. The predicted molar refractivity (Wildman–Crippen MR) is 58.4 cm³/mol. The van der Waals surface area contributed by atoms with Gasteiger partial charge >= 0.3 is 5.97 Å². The molecule has 0 unspecified atom stereocenters. The summed E-state index contributed by atoms with van der Waals surface area (Å²) in [5, 5.41) is 8.72. The number of H-pyrrole nitrogens is 2. The highest BCUT2D eigenvalue weighted by Gasteiger charge is 2.03. The molecule has 3 N–H and O–H groups in total. The zero-order valence-electron chi connectivity index (χ0n) is 7.65. The van der Waals surface area contributed by atoms with Crippen LogP contribution in [0.15, 0.2) is 30.5 Å². The summed E-state index contributed by atoms with van der Waals surface area (Å²) < 4.78 is 0.548. The maximum Gasteiger partial charge on any atom is 0.335 e. The van der Waals surface area contributed by atoms with Gasteiger partial charge in [-0.3, -0.25) is 0 Å². The first-order valence-electron chi connectivity index (χ1n) is 4.28. The Hall–Kier alpha value is -1.88. The van der Waals surface area contributed by atoms with E-state index >= 15 is 0 Å². The summed E-state index contributed by atoms with van der Waals surface area (Å²) in [4.78, 5) is 16.4. The summed E-state index contributed by atoms with van der Waals surface area (Å²) in [5.74, 6) is -0.927. The van der Waals surface area contributed by atoms with E-state index in [2.05, 4.69) is 9.97 Å². The van der Waals surface area contributed by atoms with Crippen LogP contribution in [0.1, 0.15) is 10.4 Å². The standard InChI is InChI=1S/C10H8N2O2S/c13-9(14)7-3-1-6(2-4-7)8-5-11-10(15)12-8/h1-5H,(H,13,14)(H2,11,12,15). The molecule has 0 fully saturated rings. The first-order valence-corrected chi connectivity index (χ1v) is 4.69. The molecule has 0 spiro atoms. The summed E-state index contributed by atoms with van der Waals surface area (Å²) in [6.07, 6.45) is 1.75. The maximum absolute atomic E-state index is 10.6. The van der Waals surface area contributed by atoms with E-state index in [9.17, 15) is 4.79 Å². The molecule has 1 heterocycles. The lowest BCUT2D eigenvalue weighted by atomic mass is 10.1. The normalized spacial score (nSPS) is 10.1. The topological polar surface area (TPSA) is 68.9 Å². The average Bonchev–Trinajstić information content (AvgIpc) is 2.65. The van der Waals surface area contributed by atoms with E-state index in [4.69, 9.17) is 17.3 Å². The highest BCUT2D eigenvalue weighted by atomic mass is 32.1. The number of hydrogen-bond donors (Lipinski definition) is 3. The van der Waals surface area contributed by atoms with Gasteiger partial charge < -0.3 is 15.1 Å². The van der Waals surface area contributed by atoms with Crippen LogP contribution in [0.3, 0.4) is 0 Å². The zero-order valence-corrected chi connectivity index (χ0v) is 8.47. The molecule has 0 saturated heterocycles. The minimum absolute atomic E-state index is 0.271. The molecule has 2 aromatic rings. The second kappa shape index (κ2) is 3.70. The van der Waals surface area contributed by atoms with Crippen LogP contribution in [0.25, 0.3) is 11.3 Å². The minimum atomic E-state index is -0.927. The lowest BCUT2D eigenvalue weighted by molar-refractivity contribution is 0.0697. The number of imidazole rings is 1. The number of aromatic carboxylic acids is 1.